The highest BCUT2D eigenvalue weighted by Gasteiger charge is 2.47. The van der Waals surface area contributed by atoms with Crippen molar-refractivity contribution in [2.24, 2.45) is 0 Å². The summed E-state index contributed by atoms with van der Waals surface area (Å²) in [6.07, 6.45) is -48.7. The standard InChI is InChI=1S/C32H12BF24.C19H16BrN2O/c34-25(35,36)13-1-14(26(37,38)39)6-21(5-13)33(22-7-15(27(40,41)42)2-16(8-22)28(43,44)45,23-9-17(29(46,47)48)3-18(10-23)30(49,50)51)24-11-19(31(52,53)54)4-20(12-24)32(55,56)57;20-17-8-6-15(7-9-17)12-18-13-21-10-11-22(18)14-19(23)16-4-2-1-3-5-16/h1-12H;1-11,13H,12,14H2/q-1;+1. The molecule has 426 valence electrons. The van der Waals surface area contributed by atoms with E-state index in [1.807, 2.05) is 59.4 Å². The summed E-state index contributed by atoms with van der Waals surface area (Å²) in [4.78, 5) is 16.6. The second-order valence-electron chi connectivity index (χ2n) is 17.5. The van der Waals surface area contributed by atoms with Crippen molar-refractivity contribution in [1.29, 1.82) is 0 Å². The SMILES string of the molecule is FC(F)(F)c1cc([B-](c2cc(C(F)(F)F)cc(C(F)(F)F)c2)(c2cc(C(F)(F)F)cc(C(F)(F)F)c2)c2cc(C(F)(F)F)cc(C(F)(F)F)c2)cc(C(F)(F)F)c1.O=C(C[n+]1ccncc1Cc1ccc(Br)cc1)c1ccccc1. The number of hydrogen-bond donors (Lipinski definition) is 0. The molecule has 0 N–H and O–H groups in total. The van der Waals surface area contributed by atoms with Crippen LogP contribution in [-0.4, -0.2) is 16.9 Å². The minimum atomic E-state index is -6.13. The highest BCUT2D eigenvalue weighted by molar-refractivity contribution is 9.10. The Bertz CT molecular complexity index is 2920. The largest absolute Gasteiger partial charge is 0.416 e. The number of benzene rings is 6. The fourth-order valence-electron chi connectivity index (χ4n) is 8.47. The third kappa shape index (κ3) is 14.6. The number of carbonyl (C=O) groups is 1. The molecule has 0 atom stereocenters. The van der Waals surface area contributed by atoms with E-state index in [-0.39, 0.29) is 5.78 Å². The van der Waals surface area contributed by atoms with Gasteiger partial charge in [-0.25, -0.2) is 0 Å². The maximum atomic E-state index is 14.2. The fraction of sp³-hybridized carbons (Fsp3) is 0.196. The first-order valence-electron chi connectivity index (χ1n) is 22.0. The minimum Gasteiger partial charge on any atom is -0.287 e. The van der Waals surface area contributed by atoms with Gasteiger partial charge in [0.25, 0.3) is 0 Å². The molecule has 0 unspecified atom stereocenters. The summed E-state index contributed by atoms with van der Waals surface area (Å²) in [5, 5.41) is 0. The van der Waals surface area contributed by atoms with E-state index in [1.54, 1.807) is 6.20 Å². The molecule has 0 saturated carbocycles. The zero-order valence-electron chi connectivity index (χ0n) is 39.1. The number of carbonyl (C=O) groups excluding carboxylic acids is 1. The molecule has 7 aromatic rings. The number of rotatable bonds is 9. The summed E-state index contributed by atoms with van der Waals surface area (Å²) in [6, 6.07) is 8.74. The van der Waals surface area contributed by atoms with E-state index in [1.165, 1.54) is 5.56 Å². The molecule has 7 rings (SSSR count). The smallest absolute Gasteiger partial charge is 0.287 e. The van der Waals surface area contributed by atoms with Crippen LogP contribution in [0.2, 0.25) is 0 Å². The third-order valence-electron chi connectivity index (χ3n) is 12.1. The first-order chi connectivity index (χ1) is 36.5. The fourth-order valence-corrected chi connectivity index (χ4v) is 8.74. The first-order valence-corrected chi connectivity index (χ1v) is 22.8. The number of ketones is 1. The predicted molar refractivity (Wildman–Crippen MR) is 242 cm³/mol. The summed E-state index contributed by atoms with van der Waals surface area (Å²) in [7, 11) is 0. The monoisotopic (exact) mass is 1230 g/mol. The van der Waals surface area contributed by atoms with Crippen LogP contribution in [0.25, 0.3) is 0 Å². The number of halogens is 25. The summed E-state index contributed by atoms with van der Waals surface area (Å²) < 4.78 is 344. The van der Waals surface area contributed by atoms with Crippen molar-refractivity contribution in [2.75, 3.05) is 0 Å². The predicted octanol–water partition coefficient (Wildman–Crippen LogP) is 14.8. The van der Waals surface area contributed by atoms with Gasteiger partial charge in [-0.2, -0.15) is 132 Å². The zero-order valence-corrected chi connectivity index (χ0v) is 40.7. The lowest BCUT2D eigenvalue weighted by molar-refractivity contribution is -0.690. The van der Waals surface area contributed by atoms with Crippen LogP contribution in [0.15, 0.2) is 150 Å². The van der Waals surface area contributed by atoms with Gasteiger partial charge in [-0.15, -0.1) is 0 Å². The number of hydrogen-bond acceptors (Lipinski definition) is 2. The molecule has 0 amide bonds. The molecule has 0 aliphatic carbocycles. The molecular formula is C51H28BBrF24N2O. The van der Waals surface area contributed by atoms with Crippen LogP contribution >= 0.6 is 15.9 Å². The normalized spacial score (nSPS) is 13.2. The maximum Gasteiger partial charge on any atom is 0.416 e. The van der Waals surface area contributed by atoms with Crippen LogP contribution in [0, 0.1) is 0 Å². The molecule has 0 saturated heterocycles. The second kappa shape index (κ2) is 22.1. The van der Waals surface area contributed by atoms with Crippen molar-refractivity contribution in [2.45, 2.75) is 62.4 Å². The molecule has 0 bridgehead atoms. The van der Waals surface area contributed by atoms with Crippen LogP contribution in [0.4, 0.5) is 105 Å². The van der Waals surface area contributed by atoms with E-state index in [0.29, 0.717) is 6.54 Å². The molecule has 0 radical (unpaired) electrons. The molecule has 0 aliphatic rings. The van der Waals surface area contributed by atoms with E-state index >= 15 is 0 Å². The van der Waals surface area contributed by atoms with E-state index in [4.69, 9.17) is 0 Å². The van der Waals surface area contributed by atoms with Gasteiger partial charge in [0.2, 0.25) is 18.0 Å². The molecule has 29 heteroatoms. The van der Waals surface area contributed by atoms with Crippen LogP contribution in [-0.2, 0) is 62.4 Å². The minimum absolute atomic E-state index is 0.0962. The zero-order chi connectivity index (χ0) is 60.0. The third-order valence-corrected chi connectivity index (χ3v) is 12.6. The number of nitrogens with zero attached hydrogens (tertiary/aromatic N) is 2. The molecule has 3 nitrogen and oxygen atoms in total. The van der Waals surface area contributed by atoms with Crippen molar-refractivity contribution in [3.05, 3.63) is 212 Å². The Balaban J connectivity index is 0.000000370. The van der Waals surface area contributed by atoms with E-state index < -0.39 is 195 Å². The molecule has 80 heavy (non-hydrogen) atoms. The Morgan fingerprint density at radius 3 is 0.975 bits per heavy atom. The molecular weight excluding hydrogens is 1200 g/mol. The molecule has 0 fully saturated rings. The maximum absolute atomic E-state index is 14.2. The van der Waals surface area contributed by atoms with Crippen LogP contribution in [0.5, 0.6) is 0 Å². The summed E-state index contributed by atoms with van der Waals surface area (Å²) >= 11 is 3.44. The van der Waals surface area contributed by atoms with E-state index in [2.05, 4.69) is 33.0 Å². The molecule has 0 aliphatic heterocycles. The Morgan fingerprint density at radius 1 is 0.412 bits per heavy atom. The number of aromatic nitrogens is 2. The van der Waals surface area contributed by atoms with E-state index in [0.717, 1.165) is 22.2 Å². The van der Waals surface area contributed by atoms with Gasteiger partial charge in [0, 0.05) is 10.0 Å². The van der Waals surface area contributed by atoms with Gasteiger partial charge < -0.3 is 0 Å². The average molecular weight is 1230 g/mol. The van der Waals surface area contributed by atoms with Gasteiger partial charge in [0.05, 0.1) is 63.3 Å². The van der Waals surface area contributed by atoms with Gasteiger partial charge in [-0.1, -0.05) is 107 Å². The topological polar surface area (TPSA) is 33.8 Å². The highest BCUT2D eigenvalue weighted by atomic mass is 79.9. The Morgan fingerprint density at radius 2 is 0.700 bits per heavy atom. The van der Waals surface area contributed by atoms with Gasteiger partial charge in [0.1, 0.15) is 6.15 Å². The van der Waals surface area contributed by atoms with Crippen molar-refractivity contribution in [3.8, 4) is 0 Å². The highest BCUT2D eigenvalue weighted by Crippen LogP contribution is 2.41. The van der Waals surface area contributed by atoms with Gasteiger partial charge >= 0.3 is 49.4 Å². The molecule has 1 heterocycles. The lowest BCUT2D eigenvalue weighted by atomic mass is 9.12. The van der Waals surface area contributed by atoms with Crippen molar-refractivity contribution >= 4 is 49.7 Å². The van der Waals surface area contributed by atoms with Crippen molar-refractivity contribution < 1.29 is 115 Å². The molecule has 6 aromatic carbocycles. The summed E-state index contributed by atoms with van der Waals surface area (Å²) in [5.41, 5.74) is -27.3. The molecule has 0 spiro atoms. The van der Waals surface area contributed by atoms with Crippen LogP contribution in [0.3, 0.4) is 0 Å². The summed E-state index contributed by atoms with van der Waals surface area (Å²) in [5.74, 6) is 0.0962. The first kappa shape index (κ1) is 62.1. The van der Waals surface area contributed by atoms with Crippen molar-refractivity contribution in [1.82, 2.24) is 4.98 Å². The Hall–Kier alpha value is -7.07. The quantitative estimate of drug-likeness (QED) is 0.0625. The van der Waals surface area contributed by atoms with Crippen LogP contribution in [0.1, 0.15) is 66.1 Å². The summed E-state index contributed by atoms with van der Waals surface area (Å²) in [6.45, 7) is 0.318. The lowest BCUT2D eigenvalue weighted by Crippen LogP contribution is -2.75. The lowest BCUT2D eigenvalue weighted by Gasteiger charge is -2.46. The average Bonchev–Trinajstić information content (AvgIpc) is 3.34. The van der Waals surface area contributed by atoms with Gasteiger partial charge in [-0.05, 0) is 42.0 Å². The molecule has 1 aromatic heterocycles. The number of Topliss-reactive ketones (excluding diaryl/α,β-unsaturated/α-hetero) is 1. The Labute approximate surface area is 442 Å². The number of alkyl halides is 24. The Kier molecular flexibility index (Phi) is 17.2. The van der Waals surface area contributed by atoms with E-state index in [9.17, 15) is 110 Å². The van der Waals surface area contributed by atoms with Gasteiger partial charge in [0.15, 0.2) is 6.20 Å². The second-order valence-corrected chi connectivity index (χ2v) is 18.4. The van der Waals surface area contributed by atoms with Crippen molar-refractivity contribution in [3.63, 3.8) is 0 Å². The van der Waals surface area contributed by atoms with Crippen LogP contribution < -0.4 is 26.4 Å². The van der Waals surface area contributed by atoms with Gasteiger partial charge in [-0.3, -0.25) is 9.78 Å².